The molecular weight excluding hydrogens is 221 g/mol. The van der Waals surface area contributed by atoms with E-state index in [9.17, 15) is 0 Å². The van der Waals surface area contributed by atoms with Crippen molar-refractivity contribution >= 4 is 30.8 Å². The van der Waals surface area contributed by atoms with Crippen LogP contribution in [0.25, 0.3) is 0 Å². The third-order valence-electron chi connectivity index (χ3n) is 2.59. The van der Waals surface area contributed by atoms with Gasteiger partial charge >= 0.3 is 0 Å². The Bertz CT molecular complexity index is 228. The lowest BCUT2D eigenvalue weighted by Gasteiger charge is -2.29. The summed E-state index contributed by atoms with van der Waals surface area (Å²) in [6.45, 7) is 1.90. The van der Waals surface area contributed by atoms with Crippen molar-refractivity contribution in [1.82, 2.24) is 4.90 Å². The van der Waals surface area contributed by atoms with Crippen LogP contribution in [0.3, 0.4) is 0 Å². The Morgan fingerprint density at radius 3 is 2.64 bits per heavy atom. The van der Waals surface area contributed by atoms with Crippen molar-refractivity contribution < 1.29 is 0 Å². The molecule has 2 rings (SSSR count). The van der Waals surface area contributed by atoms with Crippen LogP contribution in [0.4, 0.5) is 0 Å². The van der Waals surface area contributed by atoms with Crippen LogP contribution in [0.15, 0.2) is 17.1 Å². The van der Waals surface area contributed by atoms with Gasteiger partial charge in [-0.05, 0) is 19.3 Å². The zero-order valence-electron chi connectivity index (χ0n) is 8.06. The standard InChI is InChI=1S/C9H15N3.2ClH/c10-9-11-6-7-12(9)8-4-2-1-3-5-8;;/h1-2,8H,3-7H2,(H2,10,11);2*1H. The highest BCUT2D eigenvalue weighted by atomic mass is 35.5. The van der Waals surface area contributed by atoms with E-state index < -0.39 is 0 Å². The largest absolute Gasteiger partial charge is 0.370 e. The van der Waals surface area contributed by atoms with Crippen molar-refractivity contribution in [3.63, 3.8) is 0 Å². The van der Waals surface area contributed by atoms with E-state index in [0.29, 0.717) is 6.04 Å². The van der Waals surface area contributed by atoms with Crippen molar-refractivity contribution in [2.75, 3.05) is 13.1 Å². The zero-order valence-corrected chi connectivity index (χ0v) is 9.69. The van der Waals surface area contributed by atoms with E-state index in [-0.39, 0.29) is 24.8 Å². The second-order valence-electron chi connectivity index (χ2n) is 3.37. The van der Waals surface area contributed by atoms with Gasteiger partial charge in [-0.2, -0.15) is 0 Å². The summed E-state index contributed by atoms with van der Waals surface area (Å²) >= 11 is 0. The maximum absolute atomic E-state index is 5.76. The maximum atomic E-state index is 5.76. The van der Waals surface area contributed by atoms with Crippen LogP contribution in [0.1, 0.15) is 19.3 Å². The first-order valence-electron chi connectivity index (χ1n) is 4.59. The number of hydrogen-bond acceptors (Lipinski definition) is 3. The fourth-order valence-electron chi connectivity index (χ4n) is 1.91. The van der Waals surface area contributed by atoms with Crippen molar-refractivity contribution in [3.05, 3.63) is 12.2 Å². The van der Waals surface area contributed by atoms with Crippen LogP contribution < -0.4 is 5.73 Å². The summed E-state index contributed by atoms with van der Waals surface area (Å²) in [5.41, 5.74) is 5.76. The van der Waals surface area contributed by atoms with Crippen LogP contribution >= 0.6 is 24.8 Å². The summed E-state index contributed by atoms with van der Waals surface area (Å²) < 4.78 is 0. The number of hydrogen-bond donors (Lipinski definition) is 1. The fourth-order valence-corrected chi connectivity index (χ4v) is 1.91. The van der Waals surface area contributed by atoms with Crippen LogP contribution in [0.5, 0.6) is 0 Å². The molecule has 0 amide bonds. The van der Waals surface area contributed by atoms with E-state index in [1.54, 1.807) is 0 Å². The molecule has 0 saturated carbocycles. The SMILES string of the molecule is Cl.Cl.NC1=NCCN1C1CC=CCC1. The minimum atomic E-state index is 0. The number of guanidine groups is 1. The Balaban J connectivity index is 0.000000845. The van der Waals surface area contributed by atoms with Gasteiger partial charge in [-0.25, -0.2) is 0 Å². The average molecular weight is 238 g/mol. The van der Waals surface area contributed by atoms with E-state index in [1.165, 1.54) is 12.8 Å². The molecule has 1 aliphatic heterocycles. The Morgan fingerprint density at radius 2 is 2.14 bits per heavy atom. The molecule has 1 heterocycles. The molecule has 2 N–H and O–H groups in total. The van der Waals surface area contributed by atoms with Gasteiger partial charge in [0.15, 0.2) is 5.96 Å². The molecule has 5 heteroatoms. The van der Waals surface area contributed by atoms with Gasteiger partial charge in [0.1, 0.15) is 0 Å². The smallest absolute Gasteiger partial charge is 0.191 e. The van der Waals surface area contributed by atoms with Crippen molar-refractivity contribution in [2.45, 2.75) is 25.3 Å². The first kappa shape index (κ1) is 13.6. The van der Waals surface area contributed by atoms with Gasteiger partial charge in [0.2, 0.25) is 0 Å². The highest BCUT2D eigenvalue weighted by Crippen LogP contribution is 2.18. The first-order chi connectivity index (χ1) is 5.88. The monoisotopic (exact) mass is 237 g/mol. The third-order valence-corrected chi connectivity index (χ3v) is 2.59. The second-order valence-corrected chi connectivity index (χ2v) is 3.37. The summed E-state index contributed by atoms with van der Waals surface area (Å²) in [6, 6.07) is 0.612. The molecule has 0 spiro atoms. The minimum Gasteiger partial charge on any atom is -0.370 e. The molecule has 1 unspecified atom stereocenters. The van der Waals surface area contributed by atoms with E-state index in [1.807, 2.05) is 0 Å². The van der Waals surface area contributed by atoms with Crippen LogP contribution in [0.2, 0.25) is 0 Å². The van der Waals surface area contributed by atoms with Crippen molar-refractivity contribution in [1.29, 1.82) is 0 Å². The van der Waals surface area contributed by atoms with E-state index in [2.05, 4.69) is 22.0 Å². The maximum Gasteiger partial charge on any atom is 0.191 e. The fraction of sp³-hybridized carbons (Fsp3) is 0.667. The van der Waals surface area contributed by atoms with Gasteiger partial charge in [-0.3, -0.25) is 4.99 Å². The molecule has 14 heavy (non-hydrogen) atoms. The molecule has 0 saturated heterocycles. The first-order valence-corrected chi connectivity index (χ1v) is 4.59. The van der Waals surface area contributed by atoms with Crippen LogP contribution in [-0.2, 0) is 0 Å². The number of halogens is 2. The summed E-state index contributed by atoms with van der Waals surface area (Å²) in [5, 5.41) is 0. The van der Waals surface area contributed by atoms with Crippen molar-refractivity contribution in [2.24, 2.45) is 10.7 Å². The quantitative estimate of drug-likeness (QED) is 0.704. The van der Waals surface area contributed by atoms with Gasteiger partial charge in [-0.15, -0.1) is 24.8 Å². The molecule has 1 aliphatic carbocycles. The number of aliphatic imine (C=N–C) groups is 1. The van der Waals surface area contributed by atoms with Gasteiger partial charge in [0.25, 0.3) is 0 Å². The molecular formula is C9H17Cl2N3. The molecule has 3 nitrogen and oxygen atoms in total. The molecule has 0 aromatic rings. The lowest BCUT2D eigenvalue weighted by Crippen LogP contribution is -2.42. The molecule has 0 aromatic heterocycles. The summed E-state index contributed by atoms with van der Waals surface area (Å²) in [4.78, 5) is 6.43. The average Bonchev–Trinajstić information content (AvgIpc) is 2.53. The summed E-state index contributed by atoms with van der Waals surface area (Å²) in [6.07, 6.45) is 8.05. The Labute approximate surface area is 97.3 Å². The topological polar surface area (TPSA) is 41.6 Å². The third kappa shape index (κ3) is 2.79. The summed E-state index contributed by atoms with van der Waals surface area (Å²) in [5.74, 6) is 0.746. The number of rotatable bonds is 1. The van der Waals surface area contributed by atoms with Gasteiger partial charge in [-0.1, -0.05) is 12.2 Å². The lowest BCUT2D eigenvalue weighted by atomic mass is 10.0. The van der Waals surface area contributed by atoms with E-state index >= 15 is 0 Å². The number of nitrogens with two attached hydrogens (primary N) is 1. The molecule has 0 bridgehead atoms. The molecule has 0 fully saturated rings. The predicted molar refractivity (Wildman–Crippen MR) is 64.5 cm³/mol. The molecule has 2 aliphatic rings. The Hall–Kier alpha value is -0.410. The van der Waals surface area contributed by atoms with E-state index in [0.717, 1.165) is 25.5 Å². The Morgan fingerprint density at radius 1 is 1.36 bits per heavy atom. The minimum absolute atomic E-state index is 0. The second kappa shape index (κ2) is 6.14. The Kier molecular flexibility index (Phi) is 5.96. The van der Waals surface area contributed by atoms with Crippen molar-refractivity contribution in [3.8, 4) is 0 Å². The molecule has 0 radical (unpaired) electrons. The lowest BCUT2D eigenvalue weighted by molar-refractivity contribution is 0.311. The highest BCUT2D eigenvalue weighted by Gasteiger charge is 2.22. The van der Waals surface area contributed by atoms with Crippen LogP contribution in [0, 0.1) is 0 Å². The van der Waals surface area contributed by atoms with E-state index in [4.69, 9.17) is 5.73 Å². The van der Waals surface area contributed by atoms with Gasteiger partial charge in [0, 0.05) is 12.6 Å². The number of allylic oxidation sites excluding steroid dienone is 1. The summed E-state index contributed by atoms with van der Waals surface area (Å²) in [7, 11) is 0. The normalized spacial score (nSPS) is 25.0. The molecule has 82 valence electrons. The van der Waals surface area contributed by atoms with Gasteiger partial charge in [0.05, 0.1) is 6.54 Å². The highest BCUT2D eigenvalue weighted by molar-refractivity contribution is 5.85. The number of nitrogens with zero attached hydrogens (tertiary/aromatic N) is 2. The predicted octanol–water partition coefficient (Wildman–Crippen LogP) is 1.57. The molecule has 1 atom stereocenters. The van der Waals surface area contributed by atoms with Gasteiger partial charge < -0.3 is 10.6 Å². The molecule has 0 aromatic carbocycles. The van der Waals surface area contributed by atoms with Crippen LogP contribution in [-0.4, -0.2) is 30.0 Å². The zero-order chi connectivity index (χ0) is 8.39.